The zero-order valence-electron chi connectivity index (χ0n) is 16.1. The van der Waals surface area contributed by atoms with Gasteiger partial charge in [-0.15, -0.1) is 0 Å². The number of carbonyl (C=O) groups excluding carboxylic acids is 2. The summed E-state index contributed by atoms with van der Waals surface area (Å²) < 4.78 is 10.6. The van der Waals surface area contributed by atoms with Gasteiger partial charge in [0.25, 0.3) is 0 Å². The average Bonchev–Trinajstić information content (AvgIpc) is 2.69. The molecule has 7 heteroatoms. The van der Waals surface area contributed by atoms with E-state index in [1.807, 2.05) is 12.1 Å². The molecular formula is C20H29N3O4. The van der Waals surface area contributed by atoms with E-state index in [1.165, 1.54) is 0 Å². The Morgan fingerprint density at radius 2 is 1.93 bits per heavy atom. The minimum atomic E-state index is -0.358. The maximum absolute atomic E-state index is 11.9. The molecule has 2 heterocycles. The van der Waals surface area contributed by atoms with Crippen LogP contribution in [0.2, 0.25) is 0 Å². The van der Waals surface area contributed by atoms with Crippen LogP contribution in [0, 0.1) is 5.92 Å². The minimum Gasteiger partial charge on any atom is -0.374 e. The second kappa shape index (κ2) is 9.19. The monoisotopic (exact) mass is 375 g/mol. The standard InChI is InChI=1S/C20H29N3O4/c1-26-19(27-2)12-14-8-10-23(11-9-14)16-5-3-4-15(13-16)21-17-6-7-18(24)22-20(17)25/h3-5,13-14,17,19,21H,6-12H2,1-2H3,(H,22,24,25). The van der Waals surface area contributed by atoms with Crippen LogP contribution in [0.1, 0.15) is 32.1 Å². The van der Waals surface area contributed by atoms with E-state index in [-0.39, 0.29) is 24.1 Å². The van der Waals surface area contributed by atoms with Crippen LogP contribution in [0.4, 0.5) is 11.4 Å². The molecule has 2 aliphatic heterocycles. The van der Waals surface area contributed by atoms with Crippen LogP contribution in [0.3, 0.4) is 0 Å². The summed E-state index contributed by atoms with van der Waals surface area (Å²) in [6, 6.07) is 7.78. The van der Waals surface area contributed by atoms with Gasteiger partial charge in [0.05, 0.1) is 0 Å². The first-order valence-corrected chi connectivity index (χ1v) is 9.60. The van der Waals surface area contributed by atoms with Crippen LogP contribution >= 0.6 is 0 Å². The van der Waals surface area contributed by atoms with Gasteiger partial charge < -0.3 is 19.7 Å². The van der Waals surface area contributed by atoms with E-state index in [0.717, 1.165) is 43.7 Å². The van der Waals surface area contributed by atoms with Gasteiger partial charge in [0.15, 0.2) is 6.29 Å². The number of ether oxygens (including phenoxy) is 2. The number of methoxy groups -OCH3 is 2. The molecule has 0 bridgehead atoms. The van der Waals surface area contributed by atoms with Crippen LogP contribution in [0.15, 0.2) is 24.3 Å². The maximum atomic E-state index is 11.9. The van der Waals surface area contributed by atoms with Gasteiger partial charge >= 0.3 is 0 Å². The molecule has 0 radical (unpaired) electrons. The first-order valence-electron chi connectivity index (χ1n) is 9.60. The van der Waals surface area contributed by atoms with Crippen molar-refractivity contribution in [2.45, 2.75) is 44.4 Å². The Kier molecular flexibility index (Phi) is 6.68. The predicted octanol–water partition coefficient (Wildman–Crippen LogP) is 2.13. The largest absolute Gasteiger partial charge is 0.374 e. The van der Waals surface area contributed by atoms with E-state index in [2.05, 4.69) is 27.7 Å². The lowest BCUT2D eigenvalue weighted by molar-refractivity contribution is -0.133. The summed E-state index contributed by atoms with van der Waals surface area (Å²) >= 11 is 0. The molecule has 0 aliphatic carbocycles. The molecule has 1 aromatic rings. The van der Waals surface area contributed by atoms with Gasteiger partial charge in [0.1, 0.15) is 6.04 Å². The number of carbonyl (C=O) groups is 2. The molecular weight excluding hydrogens is 346 g/mol. The second-order valence-electron chi connectivity index (χ2n) is 7.27. The number of nitrogens with zero attached hydrogens (tertiary/aromatic N) is 1. The highest BCUT2D eigenvalue weighted by Gasteiger charge is 2.27. The van der Waals surface area contributed by atoms with Crippen LogP contribution in [0.25, 0.3) is 0 Å². The summed E-state index contributed by atoms with van der Waals surface area (Å²) in [6.45, 7) is 1.99. The van der Waals surface area contributed by atoms with Crippen molar-refractivity contribution in [2.75, 3.05) is 37.5 Å². The molecule has 2 fully saturated rings. The van der Waals surface area contributed by atoms with Gasteiger partial charge in [-0.1, -0.05) is 6.07 Å². The normalized spacial score (nSPS) is 21.4. The average molecular weight is 375 g/mol. The van der Waals surface area contributed by atoms with Gasteiger partial charge in [-0.2, -0.15) is 0 Å². The van der Waals surface area contributed by atoms with E-state index < -0.39 is 0 Å². The summed E-state index contributed by atoms with van der Waals surface area (Å²) in [5.74, 6) is 0.165. The summed E-state index contributed by atoms with van der Waals surface area (Å²) in [7, 11) is 3.37. The fraction of sp³-hybridized carbons (Fsp3) is 0.600. The van der Waals surface area contributed by atoms with Crippen LogP contribution in [-0.4, -0.2) is 51.5 Å². The molecule has 0 spiro atoms. The van der Waals surface area contributed by atoms with Crippen molar-refractivity contribution in [3.63, 3.8) is 0 Å². The number of rotatable bonds is 7. The summed E-state index contributed by atoms with van der Waals surface area (Å²) in [4.78, 5) is 25.6. The Balaban J connectivity index is 1.55. The summed E-state index contributed by atoms with van der Waals surface area (Å²) in [5.41, 5.74) is 2.06. The van der Waals surface area contributed by atoms with E-state index in [0.29, 0.717) is 18.8 Å². The van der Waals surface area contributed by atoms with Crippen LogP contribution in [0.5, 0.6) is 0 Å². The van der Waals surface area contributed by atoms with Crippen LogP contribution < -0.4 is 15.5 Å². The Morgan fingerprint density at radius 1 is 1.19 bits per heavy atom. The quantitative estimate of drug-likeness (QED) is 0.561. The topological polar surface area (TPSA) is 79.9 Å². The molecule has 0 saturated carbocycles. The van der Waals surface area contributed by atoms with Crippen molar-refractivity contribution in [2.24, 2.45) is 5.92 Å². The highest BCUT2D eigenvalue weighted by molar-refractivity contribution is 6.01. The SMILES string of the molecule is COC(CC1CCN(c2cccc(NC3CCC(=O)NC3=O)c2)CC1)OC. The third-order valence-corrected chi connectivity index (χ3v) is 5.46. The van der Waals surface area contributed by atoms with E-state index in [9.17, 15) is 9.59 Å². The Morgan fingerprint density at radius 3 is 2.59 bits per heavy atom. The first-order chi connectivity index (χ1) is 13.1. The summed E-state index contributed by atoms with van der Waals surface area (Å²) in [5, 5.41) is 5.64. The lowest BCUT2D eigenvalue weighted by Crippen LogP contribution is -2.47. The molecule has 1 atom stereocenters. The van der Waals surface area contributed by atoms with Gasteiger partial charge in [-0.25, -0.2) is 0 Å². The second-order valence-corrected chi connectivity index (χ2v) is 7.27. The molecule has 3 rings (SSSR count). The molecule has 2 aliphatic rings. The predicted molar refractivity (Wildman–Crippen MR) is 104 cm³/mol. The Bertz CT molecular complexity index is 654. The highest BCUT2D eigenvalue weighted by atomic mass is 16.7. The van der Waals surface area contributed by atoms with Crippen LogP contribution in [-0.2, 0) is 19.1 Å². The van der Waals surface area contributed by atoms with Gasteiger partial charge in [0.2, 0.25) is 11.8 Å². The summed E-state index contributed by atoms with van der Waals surface area (Å²) in [6.07, 6.45) is 3.92. The van der Waals surface area contributed by atoms with E-state index >= 15 is 0 Å². The number of anilines is 2. The molecule has 0 aromatic heterocycles. The molecule has 2 amide bonds. The van der Waals surface area contributed by atoms with Crippen molar-refractivity contribution in [3.05, 3.63) is 24.3 Å². The van der Waals surface area contributed by atoms with E-state index in [1.54, 1.807) is 14.2 Å². The lowest BCUT2D eigenvalue weighted by atomic mass is 9.93. The van der Waals surface area contributed by atoms with Crippen molar-refractivity contribution in [1.82, 2.24) is 5.32 Å². The van der Waals surface area contributed by atoms with Gasteiger partial charge in [-0.05, 0) is 43.4 Å². The Hall–Kier alpha value is -2.12. The van der Waals surface area contributed by atoms with Crippen molar-refractivity contribution in [3.8, 4) is 0 Å². The third kappa shape index (κ3) is 5.20. The highest BCUT2D eigenvalue weighted by Crippen LogP contribution is 2.28. The molecule has 2 N–H and O–H groups in total. The van der Waals surface area contributed by atoms with Crippen molar-refractivity contribution >= 4 is 23.2 Å². The van der Waals surface area contributed by atoms with E-state index in [4.69, 9.17) is 9.47 Å². The number of amides is 2. The molecule has 27 heavy (non-hydrogen) atoms. The zero-order valence-corrected chi connectivity index (χ0v) is 16.1. The number of nitrogens with one attached hydrogen (secondary N) is 2. The smallest absolute Gasteiger partial charge is 0.249 e. The third-order valence-electron chi connectivity index (χ3n) is 5.46. The van der Waals surface area contributed by atoms with Gasteiger partial charge in [0, 0.05) is 51.5 Å². The minimum absolute atomic E-state index is 0.123. The molecule has 148 valence electrons. The molecule has 1 unspecified atom stereocenters. The van der Waals surface area contributed by atoms with Crippen molar-refractivity contribution < 1.29 is 19.1 Å². The number of hydrogen-bond donors (Lipinski definition) is 2. The van der Waals surface area contributed by atoms with Crippen molar-refractivity contribution in [1.29, 1.82) is 0 Å². The molecule has 1 aromatic carbocycles. The molecule has 2 saturated heterocycles. The zero-order chi connectivity index (χ0) is 19.2. The number of hydrogen-bond acceptors (Lipinski definition) is 6. The molecule has 7 nitrogen and oxygen atoms in total. The number of imide groups is 1. The fourth-order valence-electron chi connectivity index (χ4n) is 3.81. The number of piperidine rings is 2. The first kappa shape index (κ1) is 19.6. The van der Waals surface area contributed by atoms with Gasteiger partial charge in [-0.3, -0.25) is 14.9 Å². The fourth-order valence-corrected chi connectivity index (χ4v) is 3.81. The lowest BCUT2D eigenvalue weighted by Gasteiger charge is -2.35. The number of benzene rings is 1. The Labute approximate surface area is 160 Å². The maximum Gasteiger partial charge on any atom is 0.249 e.